The van der Waals surface area contributed by atoms with Crippen molar-refractivity contribution in [2.75, 3.05) is 29.9 Å². The summed E-state index contributed by atoms with van der Waals surface area (Å²) in [5.41, 5.74) is 1.04. The van der Waals surface area contributed by atoms with Crippen LogP contribution in [0.2, 0.25) is 0 Å². The fourth-order valence-electron chi connectivity index (χ4n) is 2.40. The molecule has 1 saturated carbocycles. The summed E-state index contributed by atoms with van der Waals surface area (Å²) in [4.78, 5) is 11.5. The number of nitrogens with zero attached hydrogens (tertiary/aromatic N) is 3. The number of rotatable bonds is 7. The van der Waals surface area contributed by atoms with Crippen molar-refractivity contribution in [2.45, 2.75) is 46.5 Å². The van der Waals surface area contributed by atoms with Gasteiger partial charge in [-0.2, -0.15) is 4.98 Å². The van der Waals surface area contributed by atoms with Gasteiger partial charge in [0, 0.05) is 31.4 Å². The molecule has 2 rings (SSSR count). The molecule has 1 fully saturated rings. The van der Waals surface area contributed by atoms with E-state index in [0.717, 1.165) is 49.4 Å². The number of hydrogen-bond donors (Lipinski definition) is 1. The van der Waals surface area contributed by atoms with Crippen LogP contribution >= 0.6 is 0 Å². The van der Waals surface area contributed by atoms with Crippen molar-refractivity contribution in [3.63, 3.8) is 0 Å². The van der Waals surface area contributed by atoms with Crippen molar-refractivity contribution < 1.29 is 0 Å². The quantitative estimate of drug-likeness (QED) is 0.819. The molecule has 0 aliphatic heterocycles. The first-order valence-corrected chi connectivity index (χ1v) is 7.57. The fourth-order valence-corrected chi connectivity index (χ4v) is 2.40. The zero-order chi connectivity index (χ0) is 13.7. The summed E-state index contributed by atoms with van der Waals surface area (Å²) in [6.45, 7) is 9.48. The Morgan fingerprint density at radius 3 is 2.68 bits per heavy atom. The molecule has 0 bridgehead atoms. The molecule has 0 atom stereocenters. The standard InChI is InChI=1S/C15H26N4/c1-4-9-16-15-17-12(3)10-14(18-15)19(5-2)11-13-7-6-8-13/h10,13H,4-9,11H2,1-3H3,(H,16,17,18). The van der Waals surface area contributed by atoms with E-state index in [2.05, 4.69) is 40.1 Å². The van der Waals surface area contributed by atoms with E-state index < -0.39 is 0 Å². The summed E-state index contributed by atoms with van der Waals surface area (Å²) in [7, 11) is 0. The predicted molar refractivity (Wildman–Crippen MR) is 80.8 cm³/mol. The second kappa shape index (κ2) is 6.73. The average Bonchev–Trinajstić information content (AvgIpc) is 2.34. The molecule has 1 heterocycles. The van der Waals surface area contributed by atoms with Crippen LogP contribution in [-0.2, 0) is 0 Å². The number of anilines is 2. The SMILES string of the molecule is CCCNc1nc(C)cc(N(CC)CC2CCC2)n1. The van der Waals surface area contributed by atoms with Gasteiger partial charge in [-0.25, -0.2) is 4.98 Å². The first-order valence-electron chi connectivity index (χ1n) is 7.57. The van der Waals surface area contributed by atoms with E-state index in [1.54, 1.807) is 0 Å². The predicted octanol–water partition coefficient (Wildman–Crippen LogP) is 3.23. The normalized spacial score (nSPS) is 15.1. The maximum atomic E-state index is 4.66. The Balaban J connectivity index is 2.08. The lowest BCUT2D eigenvalue weighted by Gasteiger charge is -2.32. The Labute approximate surface area is 116 Å². The molecule has 1 N–H and O–H groups in total. The van der Waals surface area contributed by atoms with E-state index >= 15 is 0 Å². The van der Waals surface area contributed by atoms with Gasteiger partial charge >= 0.3 is 0 Å². The minimum absolute atomic E-state index is 0.768. The Morgan fingerprint density at radius 2 is 2.11 bits per heavy atom. The molecule has 4 nitrogen and oxygen atoms in total. The summed E-state index contributed by atoms with van der Waals surface area (Å²) in [5.74, 6) is 2.70. The second-order valence-electron chi connectivity index (χ2n) is 5.45. The van der Waals surface area contributed by atoms with Crippen molar-refractivity contribution in [2.24, 2.45) is 5.92 Å². The topological polar surface area (TPSA) is 41.1 Å². The summed E-state index contributed by atoms with van der Waals surface area (Å²) in [6, 6.07) is 2.10. The van der Waals surface area contributed by atoms with E-state index in [-0.39, 0.29) is 0 Å². The van der Waals surface area contributed by atoms with Crippen LogP contribution in [0.3, 0.4) is 0 Å². The highest BCUT2D eigenvalue weighted by Crippen LogP contribution is 2.28. The van der Waals surface area contributed by atoms with Crippen molar-refractivity contribution in [3.8, 4) is 0 Å². The van der Waals surface area contributed by atoms with Crippen LogP contribution in [0, 0.1) is 12.8 Å². The average molecular weight is 262 g/mol. The molecule has 106 valence electrons. The van der Waals surface area contributed by atoms with E-state index in [9.17, 15) is 0 Å². The molecule has 19 heavy (non-hydrogen) atoms. The molecule has 1 aromatic heterocycles. The highest BCUT2D eigenvalue weighted by Gasteiger charge is 2.21. The van der Waals surface area contributed by atoms with Gasteiger partial charge in [-0.3, -0.25) is 0 Å². The molecule has 1 aliphatic carbocycles. The van der Waals surface area contributed by atoms with Gasteiger partial charge in [0.1, 0.15) is 5.82 Å². The van der Waals surface area contributed by atoms with Crippen LogP contribution in [0.4, 0.5) is 11.8 Å². The molecular formula is C15H26N4. The van der Waals surface area contributed by atoms with Gasteiger partial charge in [0.15, 0.2) is 0 Å². The molecule has 0 spiro atoms. The van der Waals surface area contributed by atoms with Crippen LogP contribution in [0.5, 0.6) is 0 Å². The van der Waals surface area contributed by atoms with Crippen molar-refractivity contribution in [1.82, 2.24) is 9.97 Å². The Hall–Kier alpha value is -1.32. The molecular weight excluding hydrogens is 236 g/mol. The molecule has 1 aliphatic rings. The zero-order valence-corrected chi connectivity index (χ0v) is 12.4. The maximum Gasteiger partial charge on any atom is 0.224 e. The minimum atomic E-state index is 0.768. The molecule has 0 aromatic carbocycles. The van der Waals surface area contributed by atoms with E-state index in [1.165, 1.54) is 19.3 Å². The Bertz CT molecular complexity index is 401. The second-order valence-corrected chi connectivity index (χ2v) is 5.45. The third-order valence-corrected chi connectivity index (χ3v) is 3.78. The van der Waals surface area contributed by atoms with Gasteiger partial charge in [-0.05, 0) is 39.0 Å². The van der Waals surface area contributed by atoms with Gasteiger partial charge < -0.3 is 10.2 Å². The molecule has 0 saturated heterocycles. The molecule has 4 heteroatoms. The van der Waals surface area contributed by atoms with Gasteiger partial charge in [-0.1, -0.05) is 13.3 Å². The number of hydrogen-bond acceptors (Lipinski definition) is 4. The number of nitrogens with one attached hydrogen (secondary N) is 1. The maximum absolute atomic E-state index is 4.66. The molecule has 0 radical (unpaired) electrons. The largest absolute Gasteiger partial charge is 0.356 e. The first-order chi connectivity index (χ1) is 9.22. The van der Waals surface area contributed by atoms with Crippen LogP contribution < -0.4 is 10.2 Å². The first kappa shape index (κ1) is 14.1. The van der Waals surface area contributed by atoms with Crippen LogP contribution in [-0.4, -0.2) is 29.6 Å². The van der Waals surface area contributed by atoms with E-state index in [1.807, 2.05) is 6.92 Å². The fraction of sp³-hybridized carbons (Fsp3) is 0.733. The Morgan fingerprint density at radius 1 is 1.32 bits per heavy atom. The lowest BCUT2D eigenvalue weighted by molar-refractivity contribution is 0.318. The summed E-state index contributed by atoms with van der Waals surface area (Å²) in [5, 5.41) is 3.29. The third-order valence-electron chi connectivity index (χ3n) is 3.78. The summed E-state index contributed by atoms with van der Waals surface area (Å²) < 4.78 is 0. The monoisotopic (exact) mass is 262 g/mol. The van der Waals surface area contributed by atoms with Crippen molar-refractivity contribution in [3.05, 3.63) is 11.8 Å². The Kier molecular flexibility index (Phi) is 5.00. The molecule has 0 unspecified atom stereocenters. The zero-order valence-electron chi connectivity index (χ0n) is 12.4. The third kappa shape index (κ3) is 3.82. The van der Waals surface area contributed by atoms with Gasteiger partial charge in [0.2, 0.25) is 5.95 Å². The van der Waals surface area contributed by atoms with Gasteiger partial charge in [0.25, 0.3) is 0 Å². The van der Waals surface area contributed by atoms with Crippen LogP contribution in [0.25, 0.3) is 0 Å². The van der Waals surface area contributed by atoms with Gasteiger partial charge in [0.05, 0.1) is 0 Å². The minimum Gasteiger partial charge on any atom is -0.356 e. The van der Waals surface area contributed by atoms with E-state index in [0.29, 0.717) is 0 Å². The van der Waals surface area contributed by atoms with Crippen molar-refractivity contribution in [1.29, 1.82) is 0 Å². The molecule has 1 aromatic rings. The lowest BCUT2D eigenvalue weighted by Crippen LogP contribution is -2.33. The van der Waals surface area contributed by atoms with E-state index in [4.69, 9.17) is 0 Å². The van der Waals surface area contributed by atoms with Gasteiger partial charge in [-0.15, -0.1) is 0 Å². The molecule has 0 amide bonds. The van der Waals surface area contributed by atoms with Crippen LogP contribution in [0.1, 0.15) is 45.2 Å². The van der Waals surface area contributed by atoms with Crippen LogP contribution in [0.15, 0.2) is 6.07 Å². The number of aryl methyl sites for hydroxylation is 1. The lowest BCUT2D eigenvalue weighted by atomic mass is 9.85. The summed E-state index contributed by atoms with van der Waals surface area (Å²) >= 11 is 0. The highest BCUT2D eigenvalue weighted by molar-refractivity contribution is 5.44. The highest BCUT2D eigenvalue weighted by atomic mass is 15.2. The summed E-state index contributed by atoms with van der Waals surface area (Å²) in [6.07, 6.45) is 5.24. The van der Waals surface area contributed by atoms with Crippen molar-refractivity contribution >= 4 is 11.8 Å². The number of aromatic nitrogens is 2. The smallest absolute Gasteiger partial charge is 0.224 e.